The number of aryl methyl sites for hydroxylation is 3. The van der Waals surface area contributed by atoms with Crippen LogP contribution in [0.25, 0.3) is 0 Å². The molecule has 3 aromatic heterocycles. The number of halogens is 1. The van der Waals surface area contributed by atoms with E-state index in [0.717, 1.165) is 55.0 Å². The van der Waals surface area contributed by atoms with E-state index in [1.807, 2.05) is 12.3 Å². The third-order valence-corrected chi connectivity index (χ3v) is 6.49. The van der Waals surface area contributed by atoms with Gasteiger partial charge in [0.2, 0.25) is 0 Å². The van der Waals surface area contributed by atoms with E-state index in [4.69, 9.17) is 21.6 Å². The molecular formula is C22H25ClN4S. The van der Waals surface area contributed by atoms with E-state index in [2.05, 4.69) is 33.9 Å². The minimum absolute atomic E-state index is 0.126. The minimum Gasteiger partial charge on any atom is -0.370 e. The second-order valence-corrected chi connectivity index (χ2v) is 8.42. The average Bonchev–Trinajstić information content (AvgIpc) is 3.21. The highest BCUT2D eigenvalue weighted by molar-refractivity contribution is 7.09. The van der Waals surface area contributed by atoms with Crippen molar-refractivity contribution in [3.63, 3.8) is 0 Å². The summed E-state index contributed by atoms with van der Waals surface area (Å²) in [5.41, 5.74) is 4.84. The molecule has 0 saturated carbocycles. The Kier molecular flexibility index (Phi) is 6.55. The predicted molar refractivity (Wildman–Crippen MR) is 117 cm³/mol. The summed E-state index contributed by atoms with van der Waals surface area (Å²) < 4.78 is 0. The number of hydrogen-bond acceptors (Lipinski definition) is 5. The molecular weight excluding hydrogens is 388 g/mol. The first-order chi connectivity index (χ1) is 13.8. The maximum absolute atomic E-state index is 6.22. The summed E-state index contributed by atoms with van der Waals surface area (Å²) in [5, 5.41) is 6.67. The molecule has 0 bridgehead atoms. The van der Waals surface area contributed by atoms with Gasteiger partial charge in [-0.15, -0.1) is 22.9 Å². The molecule has 4 rings (SSSR count). The number of rotatable bonds is 8. The first kappa shape index (κ1) is 19.3. The van der Waals surface area contributed by atoms with Crippen molar-refractivity contribution in [3.8, 4) is 0 Å². The quantitative estimate of drug-likeness (QED) is 0.406. The number of anilines is 1. The van der Waals surface area contributed by atoms with Crippen LogP contribution in [0.4, 0.5) is 5.82 Å². The highest BCUT2D eigenvalue weighted by Gasteiger charge is 2.17. The van der Waals surface area contributed by atoms with Crippen LogP contribution in [0, 0.1) is 0 Å². The molecule has 0 radical (unpaired) electrons. The first-order valence-electron chi connectivity index (χ1n) is 9.96. The molecule has 0 spiro atoms. The molecule has 1 aliphatic heterocycles. The summed E-state index contributed by atoms with van der Waals surface area (Å²) in [6.07, 6.45) is 10.3. The largest absolute Gasteiger partial charge is 0.370 e. The number of hydrogen-bond donors (Lipinski definition) is 1. The summed E-state index contributed by atoms with van der Waals surface area (Å²) >= 11 is 7.92. The molecule has 1 N–H and O–H groups in total. The van der Waals surface area contributed by atoms with E-state index in [9.17, 15) is 0 Å². The highest BCUT2D eigenvalue weighted by Crippen LogP contribution is 2.28. The molecule has 1 aliphatic rings. The lowest BCUT2D eigenvalue weighted by Gasteiger charge is -2.17. The normalized spacial score (nSPS) is 14.3. The Morgan fingerprint density at radius 3 is 2.82 bits per heavy atom. The Morgan fingerprint density at radius 2 is 2.00 bits per heavy atom. The van der Waals surface area contributed by atoms with Gasteiger partial charge >= 0.3 is 0 Å². The molecule has 6 heteroatoms. The zero-order valence-electron chi connectivity index (χ0n) is 15.9. The van der Waals surface area contributed by atoms with Crippen molar-refractivity contribution in [1.82, 2.24) is 15.0 Å². The average molecular weight is 413 g/mol. The number of pyridine rings is 2. The number of fused-ring (bicyclic) bond motifs is 1. The molecule has 0 amide bonds. The highest BCUT2D eigenvalue weighted by atomic mass is 35.5. The Morgan fingerprint density at radius 1 is 1.11 bits per heavy atom. The van der Waals surface area contributed by atoms with E-state index in [1.165, 1.54) is 23.4 Å². The molecule has 4 heterocycles. The van der Waals surface area contributed by atoms with Gasteiger partial charge in [-0.25, -0.2) is 9.97 Å². The van der Waals surface area contributed by atoms with Crippen LogP contribution in [0.3, 0.4) is 0 Å². The summed E-state index contributed by atoms with van der Waals surface area (Å²) in [6, 6.07) is 8.45. The van der Waals surface area contributed by atoms with Gasteiger partial charge in [0.1, 0.15) is 10.8 Å². The van der Waals surface area contributed by atoms with Crippen molar-refractivity contribution in [2.45, 2.75) is 44.4 Å². The third-order valence-electron chi connectivity index (χ3n) is 5.18. The van der Waals surface area contributed by atoms with Gasteiger partial charge in [-0.05, 0) is 61.8 Å². The van der Waals surface area contributed by atoms with Crippen molar-refractivity contribution in [1.29, 1.82) is 0 Å². The van der Waals surface area contributed by atoms with Crippen molar-refractivity contribution in [3.05, 3.63) is 69.6 Å². The van der Waals surface area contributed by atoms with E-state index in [-0.39, 0.29) is 5.92 Å². The zero-order valence-corrected chi connectivity index (χ0v) is 17.5. The number of aromatic nitrogens is 3. The van der Waals surface area contributed by atoms with Crippen LogP contribution < -0.4 is 5.32 Å². The van der Waals surface area contributed by atoms with E-state index in [1.54, 1.807) is 17.5 Å². The van der Waals surface area contributed by atoms with Crippen LogP contribution in [0.15, 0.2) is 42.0 Å². The monoisotopic (exact) mass is 412 g/mol. The van der Waals surface area contributed by atoms with Crippen LogP contribution in [0.1, 0.15) is 52.7 Å². The van der Waals surface area contributed by atoms with Crippen LogP contribution in [-0.2, 0) is 19.3 Å². The fraction of sp³-hybridized carbons (Fsp3) is 0.409. The van der Waals surface area contributed by atoms with Gasteiger partial charge in [-0.3, -0.25) is 4.98 Å². The summed E-state index contributed by atoms with van der Waals surface area (Å²) in [4.78, 5) is 13.8. The van der Waals surface area contributed by atoms with E-state index in [0.29, 0.717) is 5.88 Å². The minimum atomic E-state index is 0.126. The molecule has 146 valence electrons. The van der Waals surface area contributed by atoms with Gasteiger partial charge in [-0.1, -0.05) is 12.1 Å². The number of nitrogens with one attached hydrogen (secondary N) is 1. The number of nitrogens with zero attached hydrogens (tertiary/aromatic N) is 3. The molecule has 28 heavy (non-hydrogen) atoms. The molecule has 0 aliphatic carbocycles. The van der Waals surface area contributed by atoms with Gasteiger partial charge in [0.05, 0.1) is 11.6 Å². The summed E-state index contributed by atoms with van der Waals surface area (Å²) in [7, 11) is 0. The number of alkyl halides is 1. The number of thiazole rings is 1. The first-order valence-corrected chi connectivity index (χ1v) is 11.4. The van der Waals surface area contributed by atoms with Crippen LogP contribution in [0.5, 0.6) is 0 Å². The van der Waals surface area contributed by atoms with E-state index >= 15 is 0 Å². The van der Waals surface area contributed by atoms with Crippen LogP contribution in [0.2, 0.25) is 0 Å². The fourth-order valence-electron chi connectivity index (χ4n) is 3.60. The summed E-state index contributed by atoms with van der Waals surface area (Å²) in [5.74, 6) is 1.74. The lowest BCUT2D eigenvalue weighted by atomic mass is 10.0. The Balaban J connectivity index is 1.29. The van der Waals surface area contributed by atoms with Gasteiger partial charge < -0.3 is 5.32 Å². The molecule has 0 saturated heterocycles. The maximum Gasteiger partial charge on any atom is 0.129 e. The van der Waals surface area contributed by atoms with Crippen molar-refractivity contribution >= 4 is 28.8 Å². The number of unbranched alkanes of at least 4 members (excludes halogenated alkanes) is 1. The Labute approximate surface area is 175 Å². The molecule has 1 unspecified atom stereocenters. The molecule has 0 fully saturated rings. The zero-order chi connectivity index (χ0) is 19.2. The predicted octanol–water partition coefficient (Wildman–Crippen LogP) is 5.23. The van der Waals surface area contributed by atoms with Gasteiger partial charge in [0, 0.05) is 35.9 Å². The smallest absolute Gasteiger partial charge is 0.129 e. The molecule has 1 atom stereocenters. The maximum atomic E-state index is 6.22. The second kappa shape index (κ2) is 9.48. The molecule has 0 aromatic carbocycles. The Bertz CT molecular complexity index is 897. The molecule has 4 nitrogen and oxygen atoms in total. The summed E-state index contributed by atoms with van der Waals surface area (Å²) in [6.45, 7) is 1.04. The van der Waals surface area contributed by atoms with Crippen LogP contribution in [-0.4, -0.2) is 27.4 Å². The Hall–Kier alpha value is -1.98. The van der Waals surface area contributed by atoms with Crippen LogP contribution >= 0.6 is 22.9 Å². The van der Waals surface area contributed by atoms with Gasteiger partial charge in [0.15, 0.2) is 0 Å². The van der Waals surface area contributed by atoms with Gasteiger partial charge in [0.25, 0.3) is 0 Å². The lowest BCUT2D eigenvalue weighted by molar-refractivity contribution is 0.709. The van der Waals surface area contributed by atoms with Crippen molar-refractivity contribution in [2.24, 2.45) is 0 Å². The fourth-order valence-corrected chi connectivity index (χ4v) is 4.99. The lowest BCUT2D eigenvalue weighted by Crippen LogP contribution is -2.14. The van der Waals surface area contributed by atoms with Crippen molar-refractivity contribution < 1.29 is 0 Å². The van der Waals surface area contributed by atoms with Crippen molar-refractivity contribution in [2.75, 3.05) is 17.7 Å². The van der Waals surface area contributed by atoms with E-state index < -0.39 is 0 Å². The van der Waals surface area contributed by atoms with Gasteiger partial charge in [-0.2, -0.15) is 0 Å². The standard InChI is InChI=1S/C22H25ClN4S/c23-13-20(17-6-3-11-24-14-17)22-27-19(15-28-22)8-2-1-7-18-10-9-16-5-4-12-25-21(16)26-18/h3,6,9-11,14-15,20H,1-2,4-5,7-8,12-13H2,(H,25,26). The topological polar surface area (TPSA) is 50.7 Å². The third kappa shape index (κ3) is 4.70. The SMILES string of the molecule is ClCC(c1cccnc1)c1nc(CCCCc2ccc3c(n2)NCCC3)cs1. The second-order valence-electron chi connectivity index (χ2n) is 7.22. The molecule has 3 aromatic rings.